The first-order valence-corrected chi connectivity index (χ1v) is 11.4. The minimum Gasteiger partial charge on any atom is -0.493 e. The second-order valence-corrected chi connectivity index (χ2v) is 9.40. The summed E-state index contributed by atoms with van der Waals surface area (Å²) in [6, 6.07) is 14.7. The number of halogens is 3. The molecule has 2 aromatic carbocycles. The highest BCUT2D eigenvalue weighted by Gasteiger charge is 2.34. The molecule has 1 heterocycles. The van der Waals surface area contributed by atoms with E-state index in [1.165, 1.54) is 14.2 Å². The zero-order valence-electron chi connectivity index (χ0n) is 18.7. The van der Waals surface area contributed by atoms with Gasteiger partial charge in [0.25, 0.3) is 9.70 Å². The van der Waals surface area contributed by atoms with Crippen molar-refractivity contribution >= 4 is 52.4 Å². The summed E-state index contributed by atoms with van der Waals surface area (Å²) in [4.78, 5) is 25.7. The van der Waals surface area contributed by atoms with Crippen LogP contribution in [0.4, 0.5) is 5.69 Å². The molecule has 1 aromatic heterocycles. The number of amides is 1. The van der Waals surface area contributed by atoms with Gasteiger partial charge in [-0.3, -0.25) is 4.79 Å². The highest BCUT2D eigenvalue weighted by Crippen LogP contribution is 2.40. The molecule has 0 aliphatic carbocycles. The highest BCUT2D eigenvalue weighted by molar-refractivity contribution is 6.76. The van der Waals surface area contributed by atoms with Gasteiger partial charge in [0.1, 0.15) is 0 Å². The highest BCUT2D eigenvalue weighted by atomic mass is 35.6. The van der Waals surface area contributed by atoms with Crippen LogP contribution in [0.1, 0.15) is 23.0 Å². The molecule has 1 N–H and O–H groups in total. The molecule has 0 unspecified atom stereocenters. The van der Waals surface area contributed by atoms with E-state index in [1.54, 1.807) is 35.9 Å². The molecule has 34 heavy (non-hydrogen) atoms. The molecule has 0 saturated carbocycles. The van der Waals surface area contributed by atoms with Crippen molar-refractivity contribution in [1.82, 2.24) is 4.57 Å². The molecule has 0 spiro atoms. The minimum atomic E-state index is -2.25. The summed E-state index contributed by atoms with van der Waals surface area (Å²) >= 11 is 17.4. The number of hydrogen-bond donors (Lipinski definition) is 1. The lowest BCUT2D eigenvalue weighted by molar-refractivity contribution is -0.115. The van der Waals surface area contributed by atoms with Gasteiger partial charge in [-0.2, -0.15) is 0 Å². The van der Waals surface area contributed by atoms with Gasteiger partial charge in [0.2, 0.25) is 0 Å². The molecule has 7 nitrogen and oxygen atoms in total. The Morgan fingerprint density at radius 3 is 2.26 bits per heavy atom. The largest absolute Gasteiger partial charge is 0.493 e. The summed E-state index contributed by atoms with van der Waals surface area (Å²) in [5.74, 6) is -0.563. The molecule has 3 aromatic rings. The van der Waals surface area contributed by atoms with Gasteiger partial charge in [0.15, 0.2) is 17.2 Å². The number of anilines is 1. The van der Waals surface area contributed by atoms with Crippen LogP contribution in [0, 0.1) is 0 Å². The zero-order chi connectivity index (χ0) is 24.9. The topological polar surface area (TPSA) is 78.8 Å². The van der Waals surface area contributed by atoms with Crippen LogP contribution in [-0.4, -0.2) is 41.1 Å². The van der Waals surface area contributed by atoms with Gasteiger partial charge in [-0.05, 0) is 30.2 Å². The Kier molecular flexibility index (Phi) is 8.36. The molecule has 0 radical (unpaired) electrons. The molecule has 0 aliphatic heterocycles. The van der Waals surface area contributed by atoms with Crippen LogP contribution in [-0.2, 0) is 16.1 Å². The summed E-state index contributed by atoms with van der Waals surface area (Å²) in [6.45, 7) is 2.16. The van der Waals surface area contributed by atoms with Crippen LogP contribution < -0.4 is 14.8 Å². The van der Waals surface area contributed by atoms with Gasteiger partial charge in [-0.25, -0.2) is 4.79 Å². The van der Waals surface area contributed by atoms with Crippen molar-refractivity contribution in [3.05, 3.63) is 66.0 Å². The third-order valence-electron chi connectivity index (χ3n) is 4.93. The summed E-state index contributed by atoms with van der Waals surface area (Å²) in [5, 5.41) is 2.60. The first kappa shape index (κ1) is 25.7. The second kappa shape index (κ2) is 11.0. The van der Waals surface area contributed by atoms with E-state index in [9.17, 15) is 9.59 Å². The molecule has 0 aliphatic rings. The number of methoxy groups -OCH3 is 2. The fraction of sp³-hybridized carbons (Fsp3) is 0.250. The standard InChI is InChI=1S/C24H23Cl3N2O5/c1-4-34-22(30)21-20(28-23(31)24(25,26)27)17(14-29(21)13-15-8-6-5-7-9-15)16-10-11-18(32-2)19(12-16)33-3/h5-12,14H,4,13H2,1-3H3,(H,28,31). The summed E-state index contributed by atoms with van der Waals surface area (Å²) < 4.78 is 15.5. The van der Waals surface area contributed by atoms with Crippen LogP contribution in [0.25, 0.3) is 11.1 Å². The van der Waals surface area contributed by atoms with E-state index in [0.29, 0.717) is 29.2 Å². The van der Waals surface area contributed by atoms with Crippen molar-refractivity contribution in [2.75, 3.05) is 26.1 Å². The van der Waals surface area contributed by atoms with Crippen molar-refractivity contribution in [3.63, 3.8) is 0 Å². The number of nitrogens with zero attached hydrogens (tertiary/aromatic N) is 1. The Bertz CT molecular complexity index is 1170. The van der Waals surface area contributed by atoms with Crippen molar-refractivity contribution in [2.45, 2.75) is 17.3 Å². The maximum Gasteiger partial charge on any atom is 0.357 e. The number of esters is 1. The minimum absolute atomic E-state index is 0.109. The number of ether oxygens (including phenoxy) is 3. The molecule has 10 heteroatoms. The summed E-state index contributed by atoms with van der Waals surface area (Å²) in [6.07, 6.45) is 1.73. The Morgan fingerprint density at radius 1 is 1.00 bits per heavy atom. The number of carbonyl (C=O) groups excluding carboxylic acids is 2. The quantitative estimate of drug-likeness (QED) is 0.301. The first-order chi connectivity index (χ1) is 16.2. The zero-order valence-corrected chi connectivity index (χ0v) is 21.0. The van der Waals surface area contributed by atoms with Crippen LogP contribution in [0.5, 0.6) is 11.5 Å². The Labute approximate surface area is 212 Å². The van der Waals surface area contributed by atoms with E-state index < -0.39 is 15.7 Å². The predicted octanol–water partition coefficient (Wildman–Crippen LogP) is 5.71. The lowest BCUT2D eigenvalue weighted by Crippen LogP contribution is -2.28. The van der Waals surface area contributed by atoms with Gasteiger partial charge in [-0.1, -0.05) is 71.2 Å². The van der Waals surface area contributed by atoms with Gasteiger partial charge in [-0.15, -0.1) is 0 Å². The Morgan fingerprint density at radius 2 is 1.68 bits per heavy atom. The molecule has 0 saturated heterocycles. The Hall–Kier alpha value is -2.87. The number of rotatable bonds is 8. The molecule has 0 atom stereocenters. The lowest BCUT2D eigenvalue weighted by atomic mass is 10.1. The molecule has 0 bridgehead atoms. The van der Waals surface area contributed by atoms with Crippen molar-refractivity contribution in [1.29, 1.82) is 0 Å². The fourth-order valence-electron chi connectivity index (χ4n) is 3.41. The van der Waals surface area contributed by atoms with Gasteiger partial charge in [0, 0.05) is 18.3 Å². The first-order valence-electron chi connectivity index (χ1n) is 10.2. The van der Waals surface area contributed by atoms with Crippen molar-refractivity contribution in [3.8, 4) is 22.6 Å². The van der Waals surface area contributed by atoms with Crippen LogP contribution in [0.2, 0.25) is 0 Å². The van der Waals surface area contributed by atoms with Crippen LogP contribution in [0.15, 0.2) is 54.7 Å². The monoisotopic (exact) mass is 524 g/mol. The second-order valence-electron chi connectivity index (χ2n) is 7.12. The molecular weight excluding hydrogens is 503 g/mol. The van der Waals surface area contributed by atoms with Gasteiger partial charge < -0.3 is 24.1 Å². The molecule has 3 rings (SSSR count). The lowest BCUT2D eigenvalue weighted by Gasteiger charge is -2.15. The van der Waals surface area contributed by atoms with Gasteiger partial charge in [0.05, 0.1) is 26.5 Å². The van der Waals surface area contributed by atoms with Crippen LogP contribution >= 0.6 is 34.8 Å². The molecule has 0 fully saturated rings. The normalized spacial score (nSPS) is 11.1. The molecule has 1 amide bonds. The number of aromatic nitrogens is 1. The Balaban J connectivity index is 2.24. The van der Waals surface area contributed by atoms with Crippen molar-refractivity contribution < 1.29 is 23.8 Å². The predicted molar refractivity (Wildman–Crippen MR) is 133 cm³/mol. The number of carbonyl (C=O) groups is 2. The third kappa shape index (κ3) is 5.78. The maximum atomic E-state index is 13.0. The number of nitrogens with one attached hydrogen (secondary N) is 1. The average molecular weight is 526 g/mol. The van der Waals surface area contributed by atoms with E-state index >= 15 is 0 Å². The van der Waals surface area contributed by atoms with E-state index in [4.69, 9.17) is 49.0 Å². The van der Waals surface area contributed by atoms with Crippen molar-refractivity contribution in [2.24, 2.45) is 0 Å². The van der Waals surface area contributed by atoms with E-state index in [-0.39, 0.29) is 18.0 Å². The molecule has 180 valence electrons. The smallest absolute Gasteiger partial charge is 0.357 e. The number of alkyl halides is 3. The SMILES string of the molecule is CCOC(=O)c1c(NC(=O)C(Cl)(Cl)Cl)c(-c2ccc(OC)c(OC)c2)cn1Cc1ccccc1. The third-order valence-corrected chi connectivity index (χ3v) is 5.45. The number of benzene rings is 2. The number of hydrogen-bond acceptors (Lipinski definition) is 5. The van der Waals surface area contributed by atoms with E-state index in [1.807, 2.05) is 30.3 Å². The average Bonchev–Trinajstić information content (AvgIpc) is 3.16. The van der Waals surface area contributed by atoms with E-state index in [0.717, 1.165) is 5.56 Å². The summed E-state index contributed by atoms with van der Waals surface area (Å²) in [7, 11) is 3.04. The summed E-state index contributed by atoms with van der Waals surface area (Å²) in [5.41, 5.74) is 2.33. The van der Waals surface area contributed by atoms with Crippen LogP contribution in [0.3, 0.4) is 0 Å². The van der Waals surface area contributed by atoms with Gasteiger partial charge >= 0.3 is 5.97 Å². The fourth-order valence-corrected chi connectivity index (χ4v) is 3.55. The maximum absolute atomic E-state index is 13.0. The molecular formula is C24H23Cl3N2O5. The van der Waals surface area contributed by atoms with E-state index in [2.05, 4.69) is 5.32 Å².